The monoisotopic (exact) mass is 278 g/mol. The fourth-order valence-electron chi connectivity index (χ4n) is 3.30. The van der Waals surface area contributed by atoms with Gasteiger partial charge in [-0.1, -0.05) is 19.4 Å². The maximum Gasteiger partial charge on any atom is 0.125 e. The zero-order valence-electron chi connectivity index (χ0n) is 12.5. The van der Waals surface area contributed by atoms with Crippen LogP contribution in [0.3, 0.4) is 0 Å². The average Bonchev–Trinajstić information content (AvgIpc) is 2.48. The van der Waals surface area contributed by atoms with Crippen LogP contribution < -0.4 is 10.6 Å². The molecule has 2 rings (SSSR count). The maximum absolute atomic E-state index is 13.5. The van der Waals surface area contributed by atoms with Gasteiger partial charge >= 0.3 is 0 Å². The molecular weight excluding hydrogens is 251 g/mol. The first-order valence-electron chi connectivity index (χ1n) is 7.96. The Morgan fingerprint density at radius 2 is 2.00 bits per heavy atom. The Bertz CT molecular complexity index is 400. The normalized spacial score (nSPS) is 22.8. The van der Waals surface area contributed by atoms with E-state index >= 15 is 0 Å². The van der Waals surface area contributed by atoms with Crippen LogP contribution in [0.15, 0.2) is 24.3 Å². The summed E-state index contributed by atoms with van der Waals surface area (Å²) in [6.07, 6.45) is 7.30. The highest BCUT2D eigenvalue weighted by Crippen LogP contribution is 2.32. The van der Waals surface area contributed by atoms with Crippen LogP contribution in [0.1, 0.15) is 45.4 Å². The van der Waals surface area contributed by atoms with Gasteiger partial charge in [0, 0.05) is 18.3 Å². The highest BCUT2D eigenvalue weighted by atomic mass is 19.1. The van der Waals surface area contributed by atoms with E-state index in [9.17, 15) is 4.39 Å². The number of hydrogen-bond donors (Lipinski definition) is 1. The summed E-state index contributed by atoms with van der Waals surface area (Å²) in [5.41, 5.74) is 6.67. The van der Waals surface area contributed by atoms with E-state index < -0.39 is 0 Å². The second-order valence-electron chi connectivity index (χ2n) is 5.90. The minimum Gasteiger partial charge on any atom is -0.368 e. The first-order valence-corrected chi connectivity index (χ1v) is 7.96. The Kier molecular flexibility index (Phi) is 5.84. The van der Waals surface area contributed by atoms with E-state index in [0.717, 1.165) is 24.6 Å². The van der Waals surface area contributed by atoms with Crippen LogP contribution >= 0.6 is 0 Å². The van der Waals surface area contributed by atoms with Gasteiger partial charge in [-0.3, -0.25) is 0 Å². The van der Waals surface area contributed by atoms with Crippen LogP contribution in [-0.2, 0) is 0 Å². The third-order valence-corrected chi connectivity index (χ3v) is 4.58. The van der Waals surface area contributed by atoms with E-state index in [0.29, 0.717) is 12.6 Å². The summed E-state index contributed by atoms with van der Waals surface area (Å²) in [7, 11) is 0. The third-order valence-electron chi connectivity index (χ3n) is 4.58. The fraction of sp³-hybridized carbons (Fsp3) is 0.647. The Labute approximate surface area is 122 Å². The molecule has 0 spiro atoms. The lowest BCUT2D eigenvalue weighted by Crippen LogP contribution is -2.39. The molecule has 1 saturated carbocycles. The standard InChI is InChI=1S/C17H27FN2/c1-2-14-7-9-16(10-8-14)20(12-4-11-19)17-6-3-5-15(18)13-17/h3,5-6,13-14,16H,2,4,7-12,19H2,1H3. The van der Waals surface area contributed by atoms with Gasteiger partial charge in [-0.25, -0.2) is 4.39 Å². The second-order valence-corrected chi connectivity index (χ2v) is 5.90. The Hall–Kier alpha value is -1.09. The topological polar surface area (TPSA) is 29.3 Å². The van der Waals surface area contributed by atoms with Crippen molar-refractivity contribution in [3.05, 3.63) is 30.1 Å². The van der Waals surface area contributed by atoms with Crippen molar-refractivity contribution >= 4 is 5.69 Å². The third kappa shape index (κ3) is 3.95. The lowest BCUT2D eigenvalue weighted by molar-refractivity contribution is 0.307. The van der Waals surface area contributed by atoms with Gasteiger partial charge < -0.3 is 10.6 Å². The Balaban J connectivity index is 2.07. The van der Waals surface area contributed by atoms with Gasteiger partial charge in [0.25, 0.3) is 0 Å². The van der Waals surface area contributed by atoms with Gasteiger partial charge in [-0.05, 0) is 62.8 Å². The molecule has 112 valence electrons. The van der Waals surface area contributed by atoms with Gasteiger partial charge in [-0.2, -0.15) is 0 Å². The molecule has 0 atom stereocenters. The van der Waals surface area contributed by atoms with E-state index in [1.165, 1.54) is 38.2 Å². The molecule has 0 unspecified atom stereocenters. The molecule has 1 aromatic carbocycles. The highest BCUT2D eigenvalue weighted by molar-refractivity contribution is 5.47. The van der Waals surface area contributed by atoms with Gasteiger partial charge in [0.1, 0.15) is 5.82 Å². The molecule has 20 heavy (non-hydrogen) atoms. The lowest BCUT2D eigenvalue weighted by Gasteiger charge is -2.38. The fourth-order valence-corrected chi connectivity index (χ4v) is 3.30. The quantitative estimate of drug-likeness (QED) is 0.853. The molecule has 0 aliphatic heterocycles. The van der Waals surface area contributed by atoms with Crippen LogP contribution in [0.2, 0.25) is 0 Å². The molecule has 0 saturated heterocycles. The minimum atomic E-state index is -0.150. The van der Waals surface area contributed by atoms with Gasteiger partial charge in [0.15, 0.2) is 0 Å². The van der Waals surface area contributed by atoms with Crippen molar-refractivity contribution < 1.29 is 4.39 Å². The van der Waals surface area contributed by atoms with Crippen molar-refractivity contribution in [2.24, 2.45) is 11.7 Å². The van der Waals surface area contributed by atoms with E-state index in [4.69, 9.17) is 5.73 Å². The van der Waals surface area contributed by atoms with Crippen molar-refractivity contribution in [1.29, 1.82) is 0 Å². The number of anilines is 1. The summed E-state index contributed by atoms with van der Waals surface area (Å²) in [4.78, 5) is 2.38. The van der Waals surface area contributed by atoms with Crippen LogP contribution in [0.25, 0.3) is 0 Å². The number of rotatable bonds is 6. The lowest BCUT2D eigenvalue weighted by atomic mass is 9.83. The summed E-state index contributed by atoms with van der Waals surface area (Å²) in [6, 6.07) is 7.54. The van der Waals surface area contributed by atoms with Crippen LogP contribution in [0.5, 0.6) is 0 Å². The molecule has 0 aromatic heterocycles. The molecule has 1 aromatic rings. The largest absolute Gasteiger partial charge is 0.368 e. The zero-order chi connectivity index (χ0) is 14.4. The Morgan fingerprint density at radius 3 is 2.60 bits per heavy atom. The smallest absolute Gasteiger partial charge is 0.125 e. The van der Waals surface area contributed by atoms with Crippen molar-refractivity contribution in [3.63, 3.8) is 0 Å². The Morgan fingerprint density at radius 1 is 1.25 bits per heavy atom. The summed E-state index contributed by atoms with van der Waals surface area (Å²) < 4.78 is 13.5. The van der Waals surface area contributed by atoms with Crippen LogP contribution in [0.4, 0.5) is 10.1 Å². The maximum atomic E-state index is 13.5. The molecule has 0 amide bonds. The molecule has 2 N–H and O–H groups in total. The van der Waals surface area contributed by atoms with Gasteiger partial charge in [-0.15, -0.1) is 0 Å². The van der Waals surface area contributed by atoms with Gasteiger partial charge in [0.05, 0.1) is 0 Å². The molecule has 2 nitrogen and oxygen atoms in total. The SMILES string of the molecule is CCC1CCC(N(CCCN)c2cccc(F)c2)CC1. The molecule has 1 aliphatic rings. The number of benzene rings is 1. The van der Waals surface area contributed by atoms with Gasteiger partial charge in [0.2, 0.25) is 0 Å². The molecular formula is C17H27FN2. The first kappa shape index (κ1) is 15.3. The highest BCUT2D eigenvalue weighted by Gasteiger charge is 2.25. The molecule has 1 aliphatic carbocycles. The minimum absolute atomic E-state index is 0.150. The number of nitrogens with two attached hydrogens (primary N) is 1. The first-order chi connectivity index (χ1) is 9.74. The van der Waals surface area contributed by atoms with E-state index in [1.54, 1.807) is 12.1 Å². The van der Waals surface area contributed by atoms with Crippen LogP contribution in [-0.4, -0.2) is 19.1 Å². The summed E-state index contributed by atoms with van der Waals surface area (Å²) in [6.45, 7) is 3.90. The number of hydrogen-bond acceptors (Lipinski definition) is 2. The van der Waals surface area contributed by atoms with Crippen molar-refractivity contribution in [3.8, 4) is 0 Å². The number of halogens is 1. The van der Waals surface area contributed by atoms with E-state index in [-0.39, 0.29) is 5.82 Å². The molecule has 0 heterocycles. The van der Waals surface area contributed by atoms with Crippen molar-refractivity contribution in [1.82, 2.24) is 0 Å². The van der Waals surface area contributed by atoms with E-state index in [2.05, 4.69) is 11.8 Å². The molecule has 0 bridgehead atoms. The summed E-state index contributed by atoms with van der Waals surface area (Å²) >= 11 is 0. The zero-order valence-corrected chi connectivity index (χ0v) is 12.5. The summed E-state index contributed by atoms with van der Waals surface area (Å²) in [5.74, 6) is 0.734. The molecule has 1 fully saturated rings. The molecule has 3 heteroatoms. The van der Waals surface area contributed by atoms with Crippen LogP contribution in [0, 0.1) is 11.7 Å². The predicted molar refractivity (Wildman–Crippen MR) is 83.5 cm³/mol. The number of nitrogens with zero attached hydrogens (tertiary/aromatic N) is 1. The van der Waals surface area contributed by atoms with Crippen molar-refractivity contribution in [2.45, 2.75) is 51.5 Å². The predicted octanol–water partition coefficient (Wildman–Crippen LogP) is 3.95. The average molecular weight is 278 g/mol. The van der Waals surface area contributed by atoms with E-state index in [1.807, 2.05) is 6.07 Å². The van der Waals surface area contributed by atoms with Crippen molar-refractivity contribution in [2.75, 3.05) is 18.0 Å². The second kappa shape index (κ2) is 7.63. The summed E-state index contributed by atoms with van der Waals surface area (Å²) in [5, 5.41) is 0. The molecule has 0 radical (unpaired) electrons.